The van der Waals surface area contributed by atoms with Crippen molar-refractivity contribution >= 4 is 0 Å². The van der Waals surface area contributed by atoms with Crippen LogP contribution in [0.3, 0.4) is 0 Å². The van der Waals surface area contributed by atoms with Gasteiger partial charge in [0.25, 0.3) is 0 Å². The van der Waals surface area contributed by atoms with Crippen LogP contribution in [0.2, 0.25) is 0 Å². The third-order valence-electron chi connectivity index (χ3n) is 3.10. The van der Waals surface area contributed by atoms with E-state index in [2.05, 4.69) is 5.32 Å². The van der Waals surface area contributed by atoms with Crippen LogP contribution in [0.4, 0.5) is 13.2 Å². The van der Waals surface area contributed by atoms with Crippen molar-refractivity contribution < 1.29 is 18.3 Å². The first-order valence-corrected chi connectivity index (χ1v) is 5.77. The molecule has 100 valence electrons. The van der Waals surface area contributed by atoms with Gasteiger partial charge in [-0.3, -0.25) is 4.90 Å². The number of aromatic hydroxyl groups is 1. The molecule has 1 aliphatic heterocycles. The van der Waals surface area contributed by atoms with Crippen LogP contribution in [0.15, 0.2) is 24.3 Å². The predicted molar refractivity (Wildman–Crippen MR) is 61.2 cm³/mol. The summed E-state index contributed by atoms with van der Waals surface area (Å²) < 4.78 is 38.6. The molecule has 0 aliphatic carbocycles. The lowest BCUT2D eigenvalue weighted by Gasteiger charge is -2.37. The number of rotatable bonds is 2. The van der Waals surface area contributed by atoms with Gasteiger partial charge in [0.15, 0.2) is 0 Å². The summed E-state index contributed by atoms with van der Waals surface area (Å²) >= 11 is 0. The van der Waals surface area contributed by atoms with Crippen LogP contribution in [0, 0.1) is 0 Å². The largest absolute Gasteiger partial charge is 0.508 e. The van der Waals surface area contributed by atoms with Crippen molar-refractivity contribution in [2.75, 3.05) is 19.6 Å². The van der Waals surface area contributed by atoms with Gasteiger partial charge in [-0.05, 0) is 6.07 Å². The average molecular weight is 260 g/mol. The van der Waals surface area contributed by atoms with Gasteiger partial charge in [0.1, 0.15) is 11.8 Å². The fraction of sp³-hybridized carbons (Fsp3) is 0.500. The molecule has 1 aliphatic rings. The zero-order chi connectivity index (χ0) is 13.2. The Labute approximate surface area is 103 Å². The van der Waals surface area contributed by atoms with E-state index >= 15 is 0 Å². The number of phenolic OH excluding ortho intramolecular Hbond substituents is 1. The maximum atomic E-state index is 12.9. The minimum Gasteiger partial charge on any atom is -0.508 e. The Kier molecular flexibility index (Phi) is 3.77. The number of para-hydroxylation sites is 1. The standard InChI is InChI=1S/C12H15F3N2O/c13-12(14,15)11-7-16-5-6-17(11)8-9-3-1-2-4-10(9)18/h1-4,11,16,18H,5-8H2. The second kappa shape index (κ2) is 5.16. The maximum absolute atomic E-state index is 12.9. The zero-order valence-corrected chi connectivity index (χ0v) is 9.74. The molecule has 3 nitrogen and oxygen atoms in total. The molecule has 0 radical (unpaired) electrons. The third-order valence-corrected chi connectivity index (χ3v) is 3.10. The molecule has 2 N–H and O–H groups in total. The van der Waals surface area contributed by atoms with Crippen molar-refractivity contribution in [3.05, 3.63) is 29.8 Å². The molecule has 1 heterocycles. The fourth-order valence-electron chi connectivity index (χ4n) is 2.12. The number of piperazine rings is 1. The van der Waals surface area contributed by atoms with Crippen molar-refractivity contribution in [3.63, 3.8) is 0 Å². The second-order valence-electron chi connectivity index (χ2n) is 4.36. The molecular weight excluding hydrogens is 245 g/mol. The first-order valence-electron chi connectivity index (χ1n) is 5.77. The van der Waals surface area contributed by atoms with Gasteiger partial charge in [-0.25, -0.2) is 0 Å². The molecule has 1 atom stereocenters. The highest BCUT2D eigenvalue weighted by Crippen LogP contribution is 2.28. The molecule has 0 spiro atoms. The van der Waals surface area contributed by atoms with E-state index in [-0.39, 0.29) is 18.8 Å². The topological polar surface area (TPSA) is 35.5 Å². The van der Waals surface area contributed by atoms with Gasteiger partial charge in [0, 0.05) is 31.7 Å². The molecular formula is C12H15F3N2O. The summed E-state index contributed by atoms with van der Waals surface area (Å²) in [6.07, 6.45) is -4.25. The number of phenols is 1. The molecule has 1 saturated heterocycles. The quantitative estimate of drug-likeness (QED) is 0.850. The van der Waals surface area contributed by atoms with Crippen LogP contribution in [-0.2, 0) is 6.54 Å². The lowest BCUT2D eigenvalue weighted by Crippen LogP contribution is -2.57. The fourth-order valence-corrected chi connectivity index (χ4v) is 2.12. The average Bonchev–Trinajstić information content (AvgIpc) is 2.31. The van der Waals surface area contributed by atoms with Crippen molar-refractivity contribution in [2.45, 2.75) is 18.8 Å². The van der Waals surface area contributed by atoms with Gasteiger partial charge in [0.05, 0.1) is 0 Å². The summed E-state index contributed by atoms with van der Waals surface area (Å²) in [6, 6.07) is 4.99. The normalized spacial score (nSPS) is 22.1. The predicted octanol–water partition coefficient (Wildman–Crippen LogP) is 1.73. The van der Waals surface area contributed by atoms with E-state index in [1.165, 1.54) is 11.0 Å². The van der Waals surface area contributed by atoms with Crippen LogP contribution in [0.5, 0.6) is 5.75 Å². The Balaban J connectivity index is 2.13. The zero-order valence-electron chi connectivity index (χ0n) is 9.74. The van der Waals surface area contributed by atoms with E-state index in [9.17, 15) is 18.3 Å². The number of nitrogens with zero attached hydrogens (tertiary/aromatic N) is 1. The van der Waals surface area contributed by atoms with Crippen LogP contribution in [0.1, 0.15) is 5.56 Å². The SMILES string of the molecule is Oc1ccccc1CN1CCNCC1C(F)(F)F. The Morgan fingerprint density at radius 3 is 2.72 bits per heavy atom. The van der Waals surface area contributed by atoms with Gasteiger partial charge < -0.3 is 10.4 Å². The number of hydrogen-bond acceptors (Lipinski definition) is 3. The minimum absolute atomic E-state index is 0.0388. The number of nitrogens with one attached hydrogen (secondary N) is 1. The summed E-state index contributed by atoms with van der Waals surface area (Å²) in [4.78, 5) is 1.35. The number of hydrogen-bond donors (Lipinski definition) is 2. The first kappa shape index (κ1) is 13.2. The lowest BCUT2D eigenvalue weighted by molar-refractivity contribution is -0.188. The molecule has 0 saturated carbocycles. The summed E-state index contributed by atoms with van der Waals surface area (Å²) in [5.41, 5.74) is 0.522. The molecule has 18 heavy (non-hydrogen) atoms. The molecule has 0 aromatic heterocycles. The molecule has 2 rings (SSSR count). The Morgan fingerprint density at radius 1 is 1.33 bits per heavy atom. The molecule has 1 unspecified atom stereocenters. The first-order chi connectivity index (χ1) is 8.48. The summed E-state index contributed by atoms with van der Waals surface area (Å²) in [6.45, 7) is 0.855. The van der Waals surface area contributed by atoms with Crippen molar-refractivity contribution in [1.82, 2.24) is 10.2 Å². The highest BCUT2D eigenvalue weighted by atomic mass is 19.4. The molecule has 0 bridgehead atoms. The molecule has 1 aromatic rings. The summed E-state index contributed by atoms with van der Waals surface area (Å²) in [5, 5.41) is 12.4. The monoisotopic (exact) mass is 260 g/mol. The number of benzene rings is 1. The van der Waals surface area contributed by atoms with Crippen molar-refractivity contribution in [2.24, 2.45) is 0 Å². The van der Waals surface area contributed by atoms with Crippen LogP contribution in [-0.4, -0.2) is 41.9 Å². The number of alkyl halides is 3. The van der Waals surface area contributed by atoms with Crippen LogP contribution in [0.25, 0.3) is 0 Å². The van der Waals surface area contributed by atoms with Crippen molar-refractivity contribution in [3.8, 4) is 5.75 Å². The van der Waals surface area contributed by atoms with E-state index in [1.807, 2.05) is 0 Å². The van der Waals surface area contributed by atoms with Gasteiger partial charge in [-0.1, -0.05) is 18.2 Å². The smallest absolute Gasteiger partial charge is 0.405 e. The van der Waals surface area contributed by atoms with Gasteiger partial charge in [0.2, 0.25) is 0 Å². The second-order valence-corrected chi connectivity index (χ2v) is 4.36. The van der Waals surface area contributed by atoms with Gasteiger partial charge in [-0.15, -0.1) is 0 Å². The minimum atomic E-state index is -4.25. The van der Waals surface area contributed by atoms with Crippen LogP contribution < -0.4 is 5.32 Å². The van der Waals surface area contributed by atoms with E-state index < -0.39 is 12.2 Å². The lowest BCUT2D eigenvalue weighted by atomic mass is 10.1. The third kappa shape index (κ3) is 2.94. The maximum Gasteiger partial charge on any atom is 0.405 e. The molecule has 6 heteroatoms. The Morgan fingerprint density at radius 2 is 2.06 bits per heavy atom. The molecule has 1 aromatic carbocycles. The van der Waals surface area contributed by atoms with E-state index in [0.717, 1.165) is 0 Å². The van der Waals surface area contributed by atoms with E-state index in [0.29, 0.717) is 18.7 Å². The van der Waals surface area contributed by atoms with Gasteiger partial charge >= 0.3 is 6.18 Å². The Bertz CT molecular complexity index is 409. The van der Waals surface area contributed by atoms with Crippen molar-refractivity contribution in [1.29, 1.82) is 0 Å². The van der Waals surface area contributed by atoms with E-state index in [1.54, 1.807) is 18.2 Å². The summed E-state index contributed by atoms with van der Waals surface area (Å²) in [5.74, 6) is 0.0388. The van der Waals surface area contributed by atoms with E-state index in [4.69, 9.17) is 0 Å². The Hall–Kier alpha value is -1.27. The number of halogens is 3. The molecule has 1 fully saturated rings. The van der Waals surface area contributed by atoms with Crippen LogP contribution >= 0.6 is 0 Å². The summed E-state index contributed by atoms with van der Waals surface area (Å²) in [7, 11) is 0. The van der Waals surface area contributed by atoms with Gasteiger partial charge in [-0.2, -0.15) is 13.2 Å². The molecule has 0 amide bonds. The highest BCUT2D eigenvalue weighted by molar-refractivity contribution is 5.31. The highest BCUT2D eigenvalue weighted by Gasteiger charge is 2.44.